The summed E-state index contributed by atoms with van der Waals surface area (Å²) < 4.78 is 9.25. The number of aryl methyl sites for hydroxylation is 2. The summed E-state index contributed by atoms with van der Waals surface area (Å²) in [6, 6.07) is 11.8. The third kappa shape index (κ3) is 4.31. The minimum atomic E-state index is -0.0505. The van der Waals surface area contributed by atoms with Crippen LogP contribution < -0.4 is 5.69 Å². The van der Waals surface area contributed by atoms with Crippen LogP contribution in [0, 0.1) is 0 Å². The topological polar surface area (TPSA) is 56.5 Å². The average molecular weight is 414 g/mol. The number of hydrogen-bond acceptors (Lipinski definition) is 4. The Morgan fingerprint density at radius 3 is 2.66 bits per heavy atom. The van der Waals surface area contributed by atoms with E-state index in [9.17, 15) is 9.59 Å². The molecule has 1 aliphatic heterocycles. The van der Waals surface area contributed by atoms with Gasteiger partial charge in [-0.25, -0.2) is 4.79 Å². The van der Waals surface area contributed by atoms with Gasteiger partial charge in [-0.05, 0) is 43.3 Å². The Balaban J connectivity index is 1.51. The van der Waals surface area contributed by atoms with Crippen LogP contribution in [0.5, 0.6) is 0 Å². The lowest BCUT2D eigenvalue weighted by Gasteiger charge is -2.25. The second kappa shape index (κ2) is 8.97. The first kappa shape index (κ1) is 19.9. The van der Waals surface area contributed by atoms with E-state index in [1.54, 1.807) is 20.5 Å². The number of aromatic nitrogens is 2. The van der Waals surface area contributed by atoms with E-state index in [-0.39, 0.29) is 17.7 Å². The molecule has 0 aliphatic carbocycles. The largest absolute Gasteiger partial charge is 0.376 e. The summed E-state index contributed by atoms with van der Waals surface area (Å²) in [5, 5.41) is 2.03. The summed E-state index contributed by atoms with van der Waals surface area (Å²) in [7, 11) is 0. The van der Waals surface area contributed by atoms with Crippen LogP contribution in [0.15, 0.2) is 46.6 Å². The third-order valence-electron chi connectivity index (χ3n) is 5.52. The quantitative estimate of drug-likeness (QED) is 0.568. The van der Waals surface area contributed by atoms with Gasteiger partial charge in [-0.1, -0.05) is 18.2 Å². The molecule has 29 heavy (non-hydrogen) atoms. The van der Waals surface area contributed by atoms with Gasteiger partial charge in [-0.15, -0.1) is 11.3 Å². The summed E-state index contributed by atoms with van der Waals surface area (Å²) in [6.07, 6.45) is 2.47. The van der Waals surface area contributed by atoms with Crippen LogP contribution in [-0.4, -0.2) is 39.2 Å². The molecule has 4 rings (SSSR count). The van der Waals surface area contributed by atoms with Crippen LogP contribution in [0.1, 0.15) is 31.1 Å². The molecule has 154 valence electrons. The maximum atomic E-state index is 13.1. The molecule has 1 aliphatic rings. The van der Waals surface area contributed by atoms with E-state index >= 15 is 0 Å². The molecule has 1 atom stereocenters. The number of carbonyl (C=O) groups excluding carboxylic acids is 1. The summed E-state index contributed by atoms with van der Waals surface area (Å²) in [4.78, 5) is 29.0. The van der Waals surface area contributed by atoms with Gasteiger partial charge < -0.3 is 9.64 Å². The number of rotatable bonds is 8. The Labute approximate surface area is 174 Å². The highest BCUT2D eigenvalue weighted by Crippen LogP contribution is 2.19. The minimum absolute atomic E-state index is 0.0505. The van der Waals surface area contributed by atoms with Gasteiger partial charge in [0.15, 0.2) is 0 Å². The standard InChI is InChI=1S/C22H27N3O3S/c1-2-24-19-9-3-4-10-20(19)25(22(24)27)12-11-21(26)23(15-17-7-5-13-28-17)16-18-8-6-14-29-18/h3-4,6,8-10,14,17H,2,5,7,11-13,15-16H2,1H3. The highest BCUT2D eigenvalue weighted by Gasteiger charge is 2.23. The molecule has 0 bridgehead atoms. The maximum absolute atomic E-state index is 13.1. The zero-order valence-electron chi connectivity index (χ0n) is 16.8. The minimum Gasteiger partial charge on any atom is -0.376 e. The SMILES string of the molecule is CCn1c(=O)n(CCC(=O)N(Cc2cccs2)CC2CCCO2)c2ccccc21. The Bertz CT molecular complexity index is 1020. The Morgan fingerprint density at radius 1 is 1.21 bits per heavy atom. The van der Waals surface area contributed by atoms with Crippen LogP contribution in [0.3, 0.4) is 0 Å². The smallest absolute Gasteiger partial charge is 0.329 e. The Morgan fingerprint density at radius 2 is 2.00 bits per heavy atom. The lowest BCUT2D eigenvalue weighted by Crippen LogP contribution is -2.37. The van der Waals surface area contributed by atoms with Crippen molar-refractivity contribution in [2.45, 2.75) is 51.9 Å². The Hall–Kier alpha value is -2.38. The summed E-state index contributed by atoms with van der Waals surface area (Å²) in [5.74, 6) is 0.0640. The van der Waals surface area contributed by atoms with E-state index < -0.39 is 0 Å². The van der Waals surface area contributed by atoms with Gasteiger partial charge in [0.2, 0.25) is 5.91 Å². The molecular weight excluding hydrogens is 386 g/mol. The van der Waals surface area contributed by atoms with Crippen molar-refractivity contribution in [3.63, 3.8) is 0 Å². The fraction of sp³-hybridized carbons (Fsp3) is 0.455. The molecule has 6 nitrogen and oxygen atoms in total. The van der Waals surface area contributed by atoms with Crippen LogP contribution in [0.2, 0.25) is 0 Å². The highest BCUT2D eigenvalue weighted by atomic mass is 32.1. The molecule has 0 N–H and O–H groups in total. The molecular formula is C22H27N3O3S. The number of benzene rings is 1. The molecule has 1 fully saturated rings. The van der Waals surface area contributed by atoms with E-state index in [2.05, 4.69) is 6.07 Å². The van der Waals surface area contributed by atoms with Gasteiger partial charge in [-0.2, -0.15) is 0 Å². The van der Waals surface area contributed by atoms with Crippen molar-refractivity contribution in [1.29, 1.82) is 0 Å². The van der Waals surface area contributed by atoms with Crippen molar-refractivity contribution in [3.05, 3.63) is 57.1 Å². The summed E-state index contributed by atoms with van der Waals surface area (Å²) in [5.41, 5.74) is 1.75. The number of imidazole rings is 1. The zero-order valence-corrected chi connectivity index (χ0v) is 17.6. The molecule has 0 saturated carbocycles. The van der Waals surface area contributed by atoms with Gasteiger partial charge in [0.25, 0.3) is 0 Å². The van der Waals surface area contributed by atoms with E-state index in [0.717, 1.165) is 35.4 Å². The number of nitrogens with zero attached hydrogens (tertiary/aromatic N) is 3. The number of amides is 1. The average Bonchev–Trinajstić information content (AvgIpc) is 3.47. The first-order valence-electron chi connectivity index (χ1n) is 10.3. The lowest BCUT2D eigenvalue weighted by molar-refractivity contribution is -0.133. The lowest BCUT2D eigenvalue weighted by atomic mass is 10.2. The molecule has 1 amide bonds. The van der Waals surface area contributed by atoms with Crippen molar-refractivity contribution in [2.24, 2.45) is 0 Å². The number of para-hydroxylation sites is 2. The molecule has 1 unspecified atom stereocenters. The normalized spacial score (nSPS) is 16.5. The van der Waals surface area contributed by atoms with Gasteiger partial charge in [0.1, 0.15) is 0 Å². The van der Waals surface area contributed by atoms with Crippen LogP contribution in [0.4, 0.5) is 0 Å². The summed E-state index contributed by atoms with van der Waals surface area (Å²) in [6.45, 7) is 4.96. The van der Waals surface area contributed by atoms with Crippen molar-refractivity contribution < 1.29 is 9.53 Å². The van der Waals surface area contributed by atoms with E-state index in [4.69, 9.17) is 4.74 Å². The maximum Gasteiger partial charge on any atom is 0.329 e. The molecule has 0 spiro atoms. The number of thiophene rings is 1. The molecule has 3 aromatic rings. The predicted molar refractivity (Wildman–Crippen MR) is 115 cm³/mol. The fourth-order valence-corrected chi connectivity index (χ4v) is 4.76. The first-order valence-corrected chi connectivity index (χ1v) is 11.1. The molecule has 1 aromatic carbocycles. The zero-order chi connectivity index (χ0) is 20.2. The number of ether oxygens (including phenoxy) is 1. The third-order valence-corrected chi connectivity index (χ3v) is 6.38. The van der Waals surface area contributed by atoms with Crippen LogP contribution in [-0.2, 0) is 29.2 Å². The van der Waals surface area contributed by atoms with Crippen molar-refractivity contribution in [3.8, 4) is 0 Å². The van der Waals surface area contributed by atoms with Gasteiger partial charge in [0, 0.05) is 37.5 Å². The van der Waals surface area contributed by atoms with Gasteiger partial charge >= 0.3 is 5.69 Å². The number of hydrogen-bond donors (Lipinski definition) is 0. The van der Waals surface area contributed by atoms with Crippen molar-refractivity contribution >= 4 is 28.3 Å². The van der Waals surface area contributed by atoms with Crippen LogP contribution in [0.25, 0.3) is 11.0 Å². The fourth-order valence-electron chi connectivity index (χ4n) is 4.04. The van der Waals surface area contributed by atoms with E-state index in [1.165, 1.54) is 0 Å². The van der Waals surface area contributed by atoms with E-state index in [0.29, 0.717) is 32.6 Å². The Kier molecular flexibility index (Phi) is 6.16. The molecule has 2 aromatic heterocycles. The molecule has 1 saturated heterocycles. The second-order valence-electron chi connectivity index (χ2n) is 7.41. The number of carbonyl (C=O) groups is 1. The monoisotopic (exact) mass is 413 g/mol. The van der Waals surface area contributed by atoms with E-state index in [1.807, 2.05) is 47.5 Å². The molecule has 0 radical (unpaired) electrons. The second-order valence-corrected chi connectivity index (χ2v) is 8.44. The molecule has 3 heterocycles. The van der Waals surface area contributed by atoms with Crippen molar-refractivity contribution in [1.82, 2.24) is 14.0 Å². The number of fused-ring (bicyclic) bond motifs is 1. The first-order chi connectivity index (χ1) is 14.2. The van der Waals surface area contributed by atoms with Gasteiger partial charge in [0.05, 0.1) is 23.7 Å². The highest BCUT2D eigenvalue weighted by molar-refractivity contribution is 7.09. The van der Waals surface area contributed by atoms with Crippen molar-refractivity contribution in [2.75, 3.05) is 13.2 Å². The molecule has 7 heteroatoms. The van der Waals surface area contributed by atoms with Crippen LogP contribution >= 0.6 is 11.3 Å². The van der Waals surface area contributed by atoms with Gasteiger partial charge in [-0.3, -0.25) is 13.9 Å². The summed E-state index contributed by atoms with van der Waals surface area (Å²) >= 11 is 1.66. The predicted octanol–water partition coefficient (Wildman–Crippen LogP) is 3.48.